The van der Waals surface area contributed by atoms with E-state index < -0.39 is 64.0 Å². The van der Waals surface area contributed by atoms with Crippen LogP contribution in [0.4, 0.5) is 15.3 Å². The highest BCUT2D eigenvalue weighted by atomic mass is 32.2. The van der Waals surface area contributed by atoms with Crippen LogP contribution in [-0.2, 0) is 14.3 Å². The predicted octanol–water partition coefficient (Wildman–Crippen LogP) is 1.80. The number of anilines is 1. The number of guanidine groups is 1. The molecule has 0 bridgehead atoms. The number of hydrazine groups is 1. The van der Waals surface area contributed by atoms with Crippen molar-refractivity contribution in [3.05, 3.63) is 24.3 Å². The zero-order valence-corrected chi connectivity index (χ0v) is 28.6. The highest BCUT2D eigenvalue weighted by Crippen LogP contribution is 2.46. The number of amides is 5. The van der Waals surface area contributed by atoms with E-state index in [1.54, 1.807) is 20.8 Å². The molecule has 3 fully saturated rings. The first kappa shape index (κ1) is 34.0. The number of alkyl carbamates (subject to hydrolysis) is 1. The van der Waals surface area contributed by atoms with Crippen LogP contribution in [0.3, 0.4) is 0 Å². The zero-order valence-electron chi connectivity index (χ0n) is 27.7. The topological polar surface area (TPSA) is 208 Å². The Morgan fingerprint density at radius 3 is 2.56 bits per heavy atom. The van der Waals surface area contributed by atoms with Crippen LogP contribution in [0.2, 0.25) is 0 Å². The van der Waals surface area contributed by atoms with Gasteiger partial charge in [0.15, 0.2) is 5.96 Å². The molecule has 5 amide bonds. The quantitative estimate of drug-likeness (QED) is 0.150. The minimum absolute atomic E-state index is 0.0681. The average Bonchev–Trinajstić information content (AvgIpc) is 3.62. The third-order valence-electron chi connectivity index (χ3n) is 9.64. The van der Waals surface area contributed by atoms with Crippen molar-refractivity contribution in [1.82, 2.24) is 25.0 Å². The van der Waals surface area contributed by atoms with Crippen molar-refractivity contribution < 1.29 is 29.0 Å². The molecule has 5 atom stereocenters. The van der Waals surface area contributed by atoms with Gasteiger partial charge in [-0.25, -0.2) is 14.6 Å². The van der Waals surface area contributed by atoms with Crippen LogP contribution in [0.5, 0.6) is 0 Å². The summed E-state index contributed by atoms with van der Waals surface area (Å²) in [5.74, 6) is -0.934. The lowest BCUT2D eigenvalue weighted by Gasteiger charge is -2.47. The summed E-state index contributed by atoms with van der Waals surface area (Å²) in [6, 6.07) is 4.90. The maximum absolute atomic E-state index is 14.6. The van der Waals surface area contributed by atoms with Crippen LogP contribution in [0.15, 0.2) is 34.2 Å². The Hall–Kier alpha value is -3.89. The number of nitrogens with one attached hydrogen (secondary N) is 3. The van der Waals surface area contributed by atoms with Crippen LogP contribution in [0.1, 0.15) is 72.1 Å². The van der Waals surface area contributed by atoms with Gasteiger partial charge in [-0.2, -0.15) is 4.99 Å². The Morgan fingerprint density at radius 1 is 1.12 bits per heavy atom. The van der Waals surface area contributed by atoms with E-state index in [2.05, 4.69) is 20.9 Å². The number of hydrogen-bond donors (Lipinski definition) is 6. The first-order chi connectivity index (χ1) is 22.8. The fraction of sp³-hybridized carbons (Fsp3) is 0.625. The van der Waals surface area contributed by atoms with E-state index in [1.807, 2.05) is 29.3 Å². The summed E-state index contributed by atoms with van der Waals surface area (Å²) in [5, 5.41) is 24.1. The molecule has 4 heterocycles. The lowest BCUT2D eigenvalue weighted by molar-refractivity contribution is -0.168. The molecule has 262 valence electrons. The largest absolute Gasteiger partial charge is 0.444 e. The number of hydrogen-bond acceptors (Lipinski definition) is 8. The third kappa shape index (κ3) is 6.69. The Kier molecular flexibility index (Phi) is 9.34. The number of aliphatic hydroxyl groups excluding tert-OH is 1. The van der Waals surface area contributed by atoms with Gasteiger partial charge >= 0.3 is 12.1 Å². The van der Waals surface area contributed by atoms with E-state index in [0.29, 0.717) is 37.3 Å². The number of nitrogens with two attached hydrogens (primary N) is 2. The van der Waals surface area contributed by atoms with E-state index in [0.717, 1.165) is 42.7 Å². The van der Waals surface area contributed by atoms with Gasteiger partial charge in [0.2, 0.25) is 5.91 Å². The molecule has 16 heteroatoms. The molecule has 2 saturated heterocycles. The number of benzene rings is 1. The number of ether oxygens (including phenoxy) is 1. The minimum Gasteiger partial charge on any atom is -0.444 e. The van der Waals surface area contributed by atoms with E-state index in [9.17, 15) is 24.3 Å². The van der Waals surface area contributed by atoms with Gasteiger partial charge in [-0.05, 0) is 68.8 Å². The van der Waals surface area contributed by atoms with Crippen molar-refractivity contribution >= 4 is 51.2 Å². The third-order valence-corrected chi connectivity index (χ3v) is 11.9. The molecule has 0 aromatic heterocycles. The Morgan fingerprint density at radius 2 is 1.85 bits per heavy atom. The molecule has 48 heavy (non-hydrogen) atoms. The summed E-state index contributed by atoms with van der Waals surface area (Å²) in [6.45, 7) is 6.22. The molecule has 0 radical (unpaired) electrons. The molecular weight excluding hydrogens is 638 g/mol. The molecule has 0 spiro atoms. The van der Waals surface area contributed by atoms with Crippen molar-refractivity contribution in [1.29, 1.82) is 0 Å². The second-order valence-corrected chi connectivity index (χ2v) is 16.2. The molecule has 6 rings (SSSR count). The summed E-state index contributed by atoms with van der Waals surface area (Å²) in [5.41, 5.74) is 9.85. The van der Waals surface area contributed by atoms with Gasteiger partial charge < -0.3 is 37.3 Å². The molecule has 5 aliphatic rings. The van der Waals surface area contributed by atoms with Gasteiger partial charge in [-0.3, -0.25) is 18.9 Å². The van der Waals surface area contributed by atoms with Gasteiger partial charge in [-0.1, -0.05) is 44.2 Å². The molecular formula is C32H47N9O6S. The SMILES string of the molecule is CC(C)(C)OC(=O)N[C@@]1(CC2CCCCC2)CCN2CC[C@@H](C(=O)N[C@H]3CN(C(=O)N=C(N)N)S4=C(Nc5ccccc54)C3O)N2C1=O. The first-order valence-electron chi connectivity index (χ1n) is 16.7. The zero-order chi connectivity index (χ0) is 34.4. The number of nitrogens with zero attached hydrogens (tertiary/aromatic N) is 4. The van der Waals surface area contributed by atoms with Crippen LogP contribution in [0.25, 0.3) is 0 Å². The second-order valence-electron chi connectivity index (χ2n) is 14.3. The molecule has 4 aliphatic heterocycles. The van der Waals surface area contributed by atoms with Crippen molar-refractivity contribution in [2.75, 3.05) is 25.0 Å². The summed E-state index contributed by atoms with van der Waals surface area (Å²) >= 11 is 0. The Balaban J connectivity index is 1.24. The highest BCUT2D eigenvalue weighted by Gasteiger charge is 2.55. The van der Waals surface area contributed by atoms with Gasteiger partial charge in [0.05, 0.1) is 23.3 Å². The fourth-order valence-electron chi connectivity index (χ4n) is 7.54. The number of fused-ring (bicyclic) bond motifs is 3. The molecule has 8 N–H and O–H groups in total. The molecule has 1 aromatic carbocycles. The molecule has 15 nitrogen and oxygen atoms in total. The van der Waals surface area contributed by atoms with Gasteiger partial charge in [0.25, 0.3) is 5.91 Å². The minimum atomic E-state index is -1.22. The monoisotopic (exact) mass is 685 g/mol. The van der Waals surface area contributed by atoms with Crippen LogP contribution in [0, 0.1) is 5.92 Å². The molecule has 1 aromatic rings. The van der Waals surface area contributed by atoms with Gasteiger partial charge in [0, 0.05) is 18.0 Å². The van der Waals surface area contributed by atoms with E-state index in [-0.39, 0.29) is 18.4 Å². The number of rotatable bonds is 5. The van der Waals surface area contributed by atoms with E-state index >= 15 is 0 Å². The number of carbonyl (C=O) groups is 4. The predicted molar refractivity (Wildman–Crippen MR) is 182 cm³/mol. The van der Waals surface area contributed by atoms with Crippen LogP contribution >= 0.6 is 10.7 Å². The van der Waals surface area contributed by atoms with E-state index in [4.69, 9.17) is 16.2 Å². The summed E-state index contributed by atoms with van der Waals surface area (Å²) in [4.78, 5) is 60.1. The number of aliphatic imine (C=N–C) groups is 1. The number of carbonyl (C=O) groups excluding carboxylic acids is 4. The second kappa shape index (κ2) is 13.2. The Labute approximate surface area is 282 Å². The normalized spacial score (nSPS) is 28.9. The lowest BCUT2D eigenvalue weighted by atomic mass is 9.76. The standard InChI is InChI=1S/C32H47N9O6S/c1-31(2,3)47-30(46)38-32(17-19-9-5-4-6-10-19)14-16-39-15-13-22(41(39)27(32)44)25(43)35-21-18-40(29(45)37-28(33)34)48-23-12-8-7-11-20(23)36-26(48)24(21)42/h7-8,11-12,19,21-22,24,36,42H,4-6,9-10,13-18H2,1-3H3,(H,35,43)(H,38,46)(H4,33,34,37,45)/t21-,22-,24?,32+,48?/m0/s1. The summed E-state index contributed by atoms with van der Waals surface area (Å²) < 4.78 is 7.05. The van der Waals surface area contributed by atoms with Crippen molar-refractivity contribution in [2.45, 2.75) is 106 Å². The lowest BCUT2D eigenvalue weighted by Crippen LogP contribution is -2.70. The molecule has 1 aliphatic carbocycles. The maximum atomic E-state index is 14.6. The van der Waals surface area contributed by atoms with Crippen molar-refractivity contribution in [3.63, 3.8) is 0 Å². The van der Waals surface area contributed by atoms with Crippen LogP contribution < -0.4 is 27.4 Å². The fourth-order valence-corrected chi connectivity index (χ4v) is 9.89. The van der Waals surface area contributed by atoms with Gasteiger partial charge in [-0.15, -0.1) is 0 Å². The summed E-state index contributed by atoms with van der Waals surface area (Å²) in [6.07, 6.45) is 4.70. The van der Waals surface area contributed by atoms with Crippen molar-refractivity contribution in [2.24, 2.45) is 22.4 Å². The number of urea groups is 1. The van der Waals surface area contributed by atoms with E-state index in [1.165, 1.54) is 9.31 Å². The summed E-state index contributed by atoms with van der Waals surface area (Å²) in [7, 11) is -1.01. The van der Waals surface area contributed by atoms with Crippen molar-refractivity contribution in [3.8, 4) is 0 Å². The number of aliphatic hydroxyl groups is 1. The highest BCUT2D eigenvalue weighted by molar-refractivity contribution is 8.15. The maximum Gasteiger partial charge on any atom is 0.408 e. The average molecular weight is 686 g/mol. The van der Waals surface area contributed by atoms with Crippen LogP contribution in [-0.4, -0.2) is 103 Å². The number of para-hydroxylation sites is 1. The van der Waals surface area contributed by atoms with Gasteiger partial charge in [0.1, 0.15) is 23.3 Å². The molecule has 2 unspecified atom stereocenters. The smallest absolute Gasteiger partial charge is 0.408 e. The first-order valence-corrected chi connectivity index (χ1v) is 17.9. The molecule has 1 saturated carbocycles. The Bertz CT molecular complexity index is 1540.